The van der Waals surface area contributed by atoms with Gasteiger partial charge in [0, 0.05) is 29.6 Å². The Morgan fingerprint density at radius 3 is 2.85 bits per heavy atom. The van der Waals surface area contributed by atoms with Crippen LogP contribution in [0.1, 0.15) is 24.6 Å². The van der Waals surface area contributed by atoms with Gasteiger partial charge in [0.2, 0.25) is 10.1 Å². The van der Waals surface area contributed by atoms with E-state index in [9.17, 15) is 0 Å². The first-order chi connectivity index (χ1) is 12.8. The van der Waals surface area contributed by atoms with Crippen LogP contribution in [0.2, 0.25) is 5.02 Å². The van der Waals surface area contributed by atoms with Gasteiger partial charge in [-0.3, -0.25) is 0 Å². The van der Waals surface area contributed by atoms with Crippen molar-refractivity contribution in [2.24, 2.45) is 0 Å². The maximum Gasteiger partial charge on any atom is 0.214 e. The zero-order valence-electron chi connectivity index (χ0n) is 13.8. The monoisotopic (exact) mass is 385 g/mol. The van der Waals surface area contributed by atoms with Crippen molar-refractivity contribution in [1.29, 1.82) is 0 Å². The molecule has 0 saturated heterocycles. The van der Waals surface area contributed by atoms with Gasteiger partial charge in [-0.25, -0.2) is 9.50 Å². The molecule has 0 atom stereocenters. The van der Waals surface area contributed by atoms with Crippen LogP contribution in [0.25, 0.3) is 16.2 Å². The van der Waals surface area contributed by atoms with E-state index in [-0.39, 0.29) is 0 Å². The van der Waals surface area contributed by atoms with Crippen molar-refractivity contribution < 1.29 is 0 Å². The standard InChI is InChI=1S/C17H16ClN7S/c18-13-5-3-11(4-6-13)14-9-25-17(21-14)26-16(23-25)19-7-8-24-10-20-22-15(24)12-1-2-12/h3-6,9-10,12H,1-2,7-8H2,(H,19,23). The van der Waals surface area contributed by atoms with E-state index in [2.05, 4.69) is 30.2 Å². The molecular weight excluding hydrogens is 370 g/mol. The zero-order valence-corrected chi connectivity index (χ0v) is 15.4. The fourth-order valence-electron chi connectivity index (χ4n) is 2.91. The molecule has 0 radical (unpaired) electrons. The molecule has 0 unspecified atom stereocenters. The van der Waals surface area contributed by atoms with Crippen LogP contribution in [0.3, 0.4) is 0 Å². The second-order valence-corrected chi connectivity index (χ2v) is 7.74. The molecule has 3 aromatic heterocycles. The number of nitrogens with zero attached hydrogens (tertiary/aromatic N) is 6. The van der Waals surface area contributed by atoms with Crippen molar-refractivity contribution in [2.75, 3.05) is 11.9 Å². The average molecular weight is 386 g/mol. The van der Waals surface area contributed by atoms with Crippen LogP contribution < -0.4 is 5.32 Å². The van der Waals surface area contributed by atoms with Crippen molar-refractivity contribution in [3.8, 4) is 11.3 Å². The molecule has 3 heterocycles. The molecule has 0 bridgehead atoms. The lowest BCUT2D eigenvalue weighted by atomic mass is 10.2. The highest BCUT2D eigenvalue weighted by Crippen LogP contribution is 2.38. The molecule has 9 heteroatoms. The number of anilines is 1. The maximum absolute atomic E-state index is 5.94. The molecular formula is C17H16ClN7S. The Hall–Kier alpha value is -2.45. The quantitative estimate of drug-likeness (QED) is 0.548. The molecule has 0 aliphatic heterocycles. The Bertz CT molecular complexity index is 1010. The van der Waals surface area contributed by atoms with E-state index in [1.165, 1.54) is 24.2 Å². The second kappa shape index (κ2) is 6.37. The maximum atomic E-state index is 5.94. The van der Waals surface area contributed by atoms with Crippen molar-refractivity contribution in [3.63, 3.8) is 0 Å². The highest BCUT2D eigenvalue weighted by Gasteiger charge is 2.28. The molecule has 7 nitrogen and oxygen atoms in total. The van der Waals surface area contributed by atoms with Gasteiger partial charge in [0.15, 0.2) is 0 Å². The van der Waals surface area contributed by atoms with Gasteiger partial charge in [-0.1, -0.05) is 35.1 Å². The molecule has 4 aromatic rings. The molecule has 26 heavy (non-hydrogen) atoms. The summed E-state index contributed by atoms with van der Waals surface area (Å²) in [6.07, 6.45) is 6.20. The lowest BCUT2D eigenvalue weighted by Gasteiger charge is -2.05. The summed E-state index contributed by atoms with van der Waals surface area (Å²) in [6.45, 7) is 1.61. The van der Waals surface area contributed by atoms with Crippen molar-refractivity contribution >= 4 is 33.0 Å². The van der Waals surface area contributed by atoms with E-state index in [1.54, 1.807) is 0 Å². The molecule has 1 aromatic carbocycles. The SMILES string of the molecule is Clc1ccc(-c2cn3nc(NCCn4cnnc4C4CC4)sc3n2)cc1. The Labute approximate surface area is 158 Å². The normalized spacial score (nSPS) is 14.2. The molecule has 0 spiro atoms. The average Bonchev–Trinajstić information content (AvgIpc) is 3.06. The van der Waals surface area contributed by atoms with Crippen LogP contribution in [-0.4, -0.2) is 35.9 Å². The van der Waals surface area contributed by atoms with Crippen molar-refractivity contribution in [2.45, 2.75) is 25.3 Å². The minimum absolute atomic E-state index is 0.604. The lowest BCUT2D eigenvalue weighted by Crippen LogP contribution is -2.12. The number of hydrogen-bond acceptors (Lipinski definition) is 6. The van der Waals surface area contributed by atoms with Crippen molar-refractivity contribution in [1.82, 2.24) is 29.4 Å². The molecule has 132 valence electrons. The third-order valence-electron chi connectivity index (χ3n) is 4.40. The first-order valence-corrected chi connectivity index (χ1v) is 9.69. The molecule has 0 amide bonds. The van der Waals surface area contributed by atoms with Crippen LogP contribution in [0.15, 0.2) is 36.8 Å². The molecule has 5 rings (SSSR count). The summed E-state index contributed by atoms with van der Waals surface area (Å²) in [5, 5.41) is 17.8. The van der Waals surface area contributed by atoms with Crippen LogP contribution >= 0.6 is 22.9 Å². The summed E-state index contributed by atoms with van der Waals surface area (Å²) >= 11 is 7.48. The molecule has 1 N–H and O–H groups in total. The highest BCUT2D eigenvalue weighted by molar-refractivity contribution is 7.20. The summed E-state index contributed by atoms with van der Waals surface area (Å²) in [5.41, 5.74) is 1.92. The van der Waals surface area contributed by atoms with Gasteiger partial charge in [-0.2, -0.15) is 0 Å². The van der Waals surface area contributed by atoms with E-state index in [4.69, 9.17) is 11.6 Å². The molecule has 1 aliphatic carbocycles. The van der Waals surface area contributed by atoms with Crippen LogP contribution in [-0.2, 0) is 6.54 Å². The Morgan fingerprint density at radius 2 is 2.08 bits per heavy atom. The minimum atomic E-state index is 0.604. The number of imidazole rings is 1. The topological polar surface area (TPSA) is 72.9 Å². The van der Waals surface area contributed by atoms with Gasteiger partial charge < -0.3 is 9.88 Å². The summed E-state index contributed by atoms with van der Waals surface area (Å²) < 4.78 is 3.94. The fraction of sp³-hybridized carbons (Fsp3) is 0.294. The predicted octanol–water partition coefficient (Wildman–Crippen LogP) is 3.69. The van der Waals surface area contributed by atoms with Gasteiger partial charge >= 0.3 is 0 Å². The van der Waals surface area contributed by atoms with E-state index in [0.29, 0.717) is 5.92 Å². The predicted molar refractivity (Wildman–Crippen MR) is 102 cm³/mol. The number of fused-ring (bicyclic) bond motifs is 1. The Kier molecular flexibility index (Phi) is 3.86. The minimum Gasteiger partial charge on any atom is -0.358 e. The van der Waals surface area contributed by atoms with Crippen molar-refractivity contribution in [3.05, 3.63) is 47.6 Å². The van der Waals surface area contributed by atoms with Gasteiger partial charge in [0.25, 0.3) is 0 Å². The lowest BCUT2D eigenvalue weighted by molar-refractivity contribution is 0.675. The molecule has 1 fully saturated rings. The Balaban J connectivity index is 1.26. The summed E-state index contributed by atoms with van der Waals surface area (Å²) in [5.74, 6) is 1.71. The fourth-order valence-corrected chi connectivity index (χ4v) is 3.84. The zero-order chi connectivity index (χ0) is 17.5. The third kappa shape index (κ3) is 3.06. The first-order valence-electron chi connectivity index (χ1n) is 8.50. The summed E-state index contributed by atoms with van der Waals surface area (Å²) in [7, 11) is 0. The van der Waals surface area contributed by atoms with E-state index in [1.807, 2.05) is 41.3 Å². The number of hydrogen-bond donors (Lipinski definition) is 1. The Morgan fingerprint density at radius 1 is 1.23 bits per heavy atom. The van der Waals surface area contributed by atoms with Gasteiger partial charge in [0.1, 0.15) is 12.2 Å². The second-order valence-electron chi connectivity index (χ2n) is 6.35. The van der Waals surface area contributed by atoms with Crippen LogP contribution in [0.5, 0.6) is 0 Å². The van der Waals surface area contributed by atoms with Crippen LogP contribution in [0, 0.1) is 0 Å². The highest BCUT2D eigenvalue weighted by atomic mass is 35.5. The van der Waals surface area contributed by atoms with Gasteiger partial charge in [-0.15, -0.1) is 15.3 Å². The number of aromatic nitrogens is 6. The number of benzene rings is 1. The smallest absolute Gasteiger partial charge is 0.214 e. The van der Waals surface area contributed by atoms with E-state index >= 15 is 0 Å². The van der Waals surface area contributed by atoms with E-state index < -0.39 is 0 Å². The first kappa shape index (κ1) is 15.8. The van der Waals surface area contributed by atoms with Gasteiger partial charge in [-0.05, 0) is 25.0 Å². The summed E-state index contributed by atoms with van der Waals surface area (Å²) in [6, 6.07) is 7.66. The van der Waals surface area contributed by atoms with E-state index in [0.717, 1.165) is 45.3 Å². The van der Waals surface area contributed by atoms with Gasteiger partial charge in [0.05, 0.1) is 11.9 Å². The van der Waals surface area contributed by atoms with Crippen LogP contribution in [0.4, 0.5) is 5.13 Å². The molecule has 1 aliphatic rings. The number of rotatable bonds is 6. The third-order valence-corrected chi connectivity index (χ3v) is 5.53. The number of nitrogens with one attached hydrogen (secondary N) is 1. The number of halogens is 1. The molecule has 1 saturated carbocycles. The largest absolute Gasteiger partial charge is 0.358 e. The summed E-state index contributed by atoms with van der Waals surface area (Å²) in [4.78, 5) is 5.51.